The van der Waals surface area contributed by atoms with Crippen LogP contribution in [0.1, 0.15) is 41.4 Å². The molecule has 0 saturated carbocycles. The summed E-state index contributed by atoms with van der Waals surface area (Å²) in [4.78, 5) is 11.9. The first kappa shape index (κ1) is 11.0. The molecule has 6 nitrogen and oxygen atoms in total. The minimum absolute atomic E-state index is 0.160. The van der Waals surface area contributed by atoms with Crippen molar-refractivity contribution >= 4 is 5.91 Å². The van der Waals surface area contributed by atoms with E-state index in [1.807, 2.05) is 6.92 Å². The maximum Gasteiger partial charge on any atom is 0.255 e. The Morgan fingerprint density at radius 2 is 2.44 bits per heavy atom. The molecule has 0 bridgehead atoms. The average molecular weight is 246 g/mol. The molecular weight excluding hydrogens is 232 g/mol. The SMILES string of the molecule is CC(NC(=O)c1ccoc1)c1nnc2n1CCC2. The van der Waals surface area contributed by atoms with Crippen LogP contribution in [-0.4, -0.2) is 20.7 Å². The largest absolute Gasteiger partial charge is 0.472 e. The van der Waals surface area contributed by atoms with Gasteiger partial charge in [0.25, 0.3) is 5.91 Å². The van der Waals surface area contributed by atoms with Crippen LogP contribution in [0.2, 0.25) is 0 Å². The number of aromatic nitrogens is 3. The number of amides is 1. The van der Waals surface area contributed by atoms with E-state index in [9.17, 15) is 4.79 Å². The van der Waals surface area contributed by atoms with Crippen molar-refractivity contribution in [3.63, 3.8) is 0 Å². The van der Waals surface area contributed by atoms with Crippen LogP contribution in [-0.2, 0) is 13.0 Å². The van der Waals surface area contributed by atoms with Crippen molar-refractivity contribution in [3.05, 3.63) is 35.8 Å². The molecule has 1 unspecified atom stereocenters. The second-order valence-corrected chi connectivity index (χ2v) is 4.44. The van der Waals surface area contributed by atoms with Gasteiger partial charge in [-0.05, 0) is 19.4 Å². The van der Waals surface area contributed by atoms with E-state index in [-0.39, 0.29) is 11.9 Å². The second kappa shape index (κ2) is 4.29. The third kappa shape index (κ3) is 1.79. The standard InChI is InChI=1S/C12H14N4O2/c1-8(13-12(17)9-4-6-18-7-9)11-15-14-10-3-2-5-16(10)11/h4,6-8H,2-3,5H2,1H3,(H,13,17). The fraction of sp³-hybridized carbons (Fsp3) is 0.417. The molecule has 0 aliphatic carbocycles. The van der Waals surface area contributed by atoms with E-state index in [4.69, 9.17) is 4.42 Å². The van der Waals surface area contributed by atoms with Crippen molar-refractivity contribution in [2.45, 2.75) is 32.4 Å². The predicted octanol–water partition coefficient (Wildman–Crippen LogP) is 1.31. The molecule has 1 aliphatic heterocycles. The molecule has 1 N–H and O–H groups in total. The lowest BCUT2D eigenvalue weighted by molar-refractivity contribution is 0.0937. The van der Waals surface area contributed by atoms with Gasteiger partial charge < -0.3 is 14.3 Å². The molecule has 0 saturated heterocycles. The Kier molecular flexibility index (Phi) is 2.62. The van der Waals surface area contributed by atoms with Gasteiger partial charge in [-0.15, -0.1) is 10.2 Å². The summed E-state index contributed by atoms with van der Waals surface area (Å²) < 4.78 is 6.97. The Hall–Kier alpha value is -2.11. The summed E-state index contributed by atoms with van der Waals surface area (Å²) in [6.45, 7) is 2.84. The molecule has 6 heteroatoms. The van der Waals surface area contributed by atoms with Gasteiger partial charge in [0.2, 0.25) is 0 Å². The Morgan fingerprint density at radius 3 is 3.22 bits per heavy atom. The normalized spacial score (nSPS) is 15.4. The Balaban J connectivity index is 1.75. The van der Waals surface area contributed by atoms with Crippen molar-refractivity contribution in [1.82, 2.24) is 20.1 Å². The molecule has 0 aromatic carbocycles. The van der Waals surface area contributed by atoms with Crippen molar-refractivity contribution in [2.24, 2.45) is 0 Å². The highest BCUT2D eigenvalue weighted by atomic mass is 16.3. The Labute approximate surface area is 104 Å². The molecule has 0 spiro atoms. The molecular formula is C12H14N4O2. The molecule has 1 amide bonds. The number of nitrogens with one attached hydrogen (secondary N) is 1. The van der Waals surface area contributed by atoms with E-state index in [1.54, 1.807) is 6.07 Å². The van der Waals surface area contributed by atoms with Gasteiger partial charge in [-0.2, -0.15) is 0 Å². The fourth-order valence-electron chi connectivity index (χ4n) is 2.23. The molecule has 0 radical (unpaired) electrons. The third-order valence-electron chi connectivity index (χ3n) is 3.16. The lowest BCUT2D eigenvalue weighted by atomic mass is 10.2. The maximum absolute atomic E-state index is 11.9. The van der Waals surface area contributed by atoms with E-state index in [0.717, 1.165) is 31.0 Å². The van der Waals surface area contributed by atoms with E-state index in [0.29, 0.717) is 5.56 Å². The fourth-order valence-corrected chi connectivity index (χ4v) is 2.23. The van der Waals surface area contributed by atoms with Crippen LogP contribution in [0.15, 0.2) is 23.0 Å². The average Bonchev–Trinajstić information content (AvgIpc) is 3.06. The van der Waals surface area contributed by atoms with Crippen LogP contribution in [0.3, 0.4) is 0 Å². The van der Waals surface area contributed by atoms with Gasteiger partial charge in [-0.1, -0.05) is 0 Å². The molecule has 18 heavy (non-hydrogen) atoms. The topological polar surface area (TPSA) is 73.0 Å². The van der Waals surface area contributed by atoms with Gasteiger partial charge in [0, 0.05) is 13.0 Å². The highest BCUT2D eigenvalue weighted by Crippen LogP contribution is 2.19. The van der Waals surface area contributed by atoms with Crippen molar-refractivity contribution in [1.29, 1.82) is 0 Å². The summed E-state index contributed by atoms with van der Waals surface area (Å²) in [5, 5.41) is 11.2. The summed E-state index contributed by atoms with van der Waals surface area (Å²) in [6.07, 6.45) is 4.97. The molecule has 2 aromatic heterocycles. The van der Waals surface area contributed by atoms with Crippen LogP contribution < -0.4 is 5.32 Å². The second-order valence-electron chi connectivity index (χ2n) is 4.44. The van der Waals surface area contributed by atoms with Gasteiger partial charge in [-0.3, -0.25) is 4.79 Å². The molecule has 94 valence electrons. The van der Waals surface area contributed by atoms with Crippen LogP contribution in [0.4, 0.5) is 0 Å². The minimum atomic E-state index is -0.161. The number of hydrogen-bond acceptors (Lipinski definition) is 4. The first-order valence-electron chi connectivity index (χ1n) is 6.01. The quantitative estimate of drug-likeness (QED) is 0.886. The number of fused-ring (bicyclic) bond motifs is 1. The molecule has 0 fully saturated rings. The number of furan rings is 1. The highest BCUT2D eigenvalue weighted by molar-refractivity contribution is 5.93. The summed E-state index contributed by atoms with van der Waals surface area (Å²) in [5.74, 6) is 1.67. The highest BCUT2D eigenvalue weighted by Gasteiger charge is 2.22. The lowest BCUT2D eigenvalue weighted by Crippen LogP contribution is -2.28. The number of rotatable bonds is 3. The zero-order valence-electron chi connectivity index (χ0n) is 10.1. The Morgan fingerprint density at radius 1 is 1.56 bits per heavy atom. The third-order valence-corrected chi connectivity index (χ3v) is 3.16. The maximum atomic E-state index is 11.9. The van der Waals surface area contributed by atoms with Crippen LogP contribution >= 0.6 is 0 Å². The van der Waals surface area contributed by atoms with E-state index in [2.05, 4.69) is 20.1 Å². The predicted molar refractivity (Wildman–Crippen MR) is 62.9 cm³/mol. The smallest absolute Gasteiger partial charge is 0.255 e. The van der Waals surface area contributed by atoms with Gasteiger partial charge in [-0.25, -0.2) is 0 Å². The van der Waals surface area contributed by atoms with Crippen LogP contribution in [0, 0.1) is 0 Å². The number of nitrogens with zero attached hydrogens (tertiary/aromatic N) is 3. The van der Waals surface area contributed by atoms with Gasteiger partial charge in [0.1, 0.15) is 12.1 Å². The monoisotopic (exact) mass is 246 g/mol. The lowest BCUT2D eigenvalue weighted by Gasteiger charge is -2.13. The first-order valence-corrected chi connectivity index (χ1v) is 6.01. The number of carbonyl (C=O) groups is 1. The van der Waals surface area contributed by atoms with Gasteiger partial charge in [0.05, 0.1) is 17.9 Å². The van der Waals surface area contributed by atoms with Crippen molar-refractivity contribution in [2.75, 3.05) is 0 Å². The molecule has 3 rings (SSSR count). The van der Waals surface area contributed by atoms with Crippen molar-refractivity contribution < 1.29 is 9.21 Å². The molecule has 2 aromatic rings. The van der Waals surface area contributed by atoms with Gasteiger partial charge >= 0.3 is 0 Å². The van der Waals surface area contributed by atoms with E-state index >= 15 is 0 Å². The van der Waals surface area contributed by atoms with E-state index < -0.39 is 0 Å². The van der Waals surface area contributed by atoms with Crippen LogP contribution in [0.25, 0.3) is 0 Å². The Bertz CT molecular complexity index is 559. The first-order chi connectivity index (χ1) is 8.75. The van der Waals surface area contributed by atoms with Gasteiger partial charge in [0.15, 0.2) is 5.82 Å². The van der Waals surface area contributed by atoms with Crippen LogP contribution in [0.5, 0.6) is 0 Å². The zero-order valence-corrected chi connectivity index (χ0v) is 10.1. The molecule has 1 aliphatic rings. The number of carbonyl (C=O) groups excluding carboxylic acids is 1. The van der Waals surface area contributed by atoms with Crippen molar-refractivity contribution in [3.8, 4) is 0 Å². The summed E-state index contributed by atoms with van der Waals surface area (Å²) in [5.41, 5.74) is 0.517. The molecule has 3 heterocycles. The summed E-state index contributed by atoms with van der Waals surface area (Å²) in [6, 6.07) is 1.47. The zero-order chi connectivity index (χ0) is 12.5. The van der Waals surface area contributed by atoms with E-state index in [1.165, 1.54) is 12.5 Å². The summed E-state index contributed by atoms with van der Waals surface area (Å²) in [7, 11) is 0. The number of aryl methyl sites for hydroxylation is 1. The molecule has 1 atom stereocenters. The summed E-state index contributed by atoms with van der Waals surface area (Å²) >= 11 is 0. The minimum Gasteiger partial charge on any atom is -0.472 e. The number of hydrogen-bond donors (Lipinski definition) is 1.